The fourth-order valence-corrected chi connectivity index (χ4v) is 1.43. The summed E-state index contributed by atoms with van der Waals surface area (Å²) in [7, 11) is 3.65. The van der Waals surface area contributed by atoms with E-state index in [1.54, 1.807) is 4.90 Å². The Balaban J connectivity index is 0.00000121. The quantitative estimate of drug-likeness (QED) is 0.656. The molecule has 0 unspecified atom stereocenters. The Labute approximate surface area is 79.9 Å². The fraction of sp³-hybridized carbons (Fsp3) is 0.875. The van der Waals surface area contributed by atoms with Gasteiger partial charge < -0.3 is 10.2 Å². The Morgan fingerprint density at radius 3 is 2.25 bits per heavy atom. The number of hydrogen-bond donors (Lipinski definition) is 1. The molecule has 1 aliphatic rings. The molecule has 4 heteroatoms. The molecule has 1 heterocycles. The zero-order valence-corrected chi connectivity index (χ0v) is 8.49. The molecular formula is C8H17ClN2O. The number of nitrogens with zero attached hydrogens (tertiary/aromatic N) is 1. The molecule has 1 amide bonds. The predicted octanol–water partition coefficient (Wildman–Crippen LogP) is 0.496. The number of nitrogens with one attached hydrogen (secondary N) is 1. The molecule has 0 radical (unpaired) electrons. The van der Waals surface area contributed by atoms with Gasteiger partial charge in [-0.15, -0.1) is 12.4 Å². The van der Waals surface area contributed by atoms with Crippen LogP contribution in [0, 0.1) is 5.92 Å². The Morgan fingerprint density at radius 1 is 1.33 bits per heavy atom. The van der Waals surface area contributed by atoms with Crippen molar-refractivity contribution in [3.8, 4) is 0 Å². The Morgan fingerprint density at radius 2 is 1.83 bits per heavy atom. The van der Waals surface area contributed by atoms with Gasteiger partial charge >= 0.3 is 0 Å². The number of rotatable bonds is 1. The molecule has 0 aromatic carbocycles. The second kappa shape index (κ2) is 5.38. The van der Waals surface area contributed by atoms with Crippen molar-refractivity contribution in [1.29, 1.82) is 0 Å². The molecule has 12 heavy (non-hydrogen) atoms. The molecule has 1 rings (SSSR count). The van der Waals surface area contributed by atoms with Crippen molar-refractivity contribution in [2.75, 3.05) is 27.2 Å². The van der Waals surface area contributed by atoms with Crippen LogP contribution >= 0.6 is 12.4 Å². The summed E-state index contributed by atoms with van der Waals surface area (Å²) in [5.41, 5.74) is 0. The molecule has 0 spiro atoms. The van der Waals surface area contributed by atoms with E-state index in [4.69, 9.17) is 0 Å². The highest BCUT2D eigenvalue weighted by molar-refractivity contribution is 5.85. The molecule has 0 aromatic heterocycles. The second-order valence-corrected chi connectivity index (χ2v) is 3.26. The van der Waals surface area contributed by atoms with Gasteiger partial charge in [-0.2, -0.15) is 0 Å². The lowest BCUT2D eigenvalue weighted by atomic mass is 9.97. The third-order valence-corrected chi connectivity index (χ3v) is 2.13. The summed E-state index contributed by atoms with van der Waals surface area (Å²) < 4.78 is 0. The average Bonchev–Trinajstić information content (AvgIpc) is 2.05. The van der Waals surface area contributed by atoms with E-state index < -0.39 is 0 Å². The molecule has 72 valence electrons. The number of carbonyl (C=O) groups excluding carboxylic acids is 1. The van der Waals surface area contributed by atoms with Crippen molar-refractivity contribution in [2.45, 2.75) is 12.8 Å². The maximum Gasteiger partial charge on any atom is 0.225 e. The van der Waals surface area contributed by atoms with E-state index in [0.29, 0.717) is 0 Å². The van der Waals surface area contributed by atoms with E-state index in [-0.39, 0.29) is 24.2 Å². The minimum Gasteiger partial charge on any atom is -0.349 e. The summed E-state index contributed by atoms with van der Waals surface area (Å²) in [4.78, 5) is 13.1. The summed E-state index contributed by atoms with van der Waals surface area (Å²) in [6.07, 6.45) is 1.99. The first kappa shape index (κ1) is 11.7. The molecule has 1 fully saturated rings. The zero-order chi connectivity index (χ0) is 8.27. The van der Waals surface area contributed by atoms with Gasteiger partial charge in [-0.25, -0.2) is 0 Å². The van der Waals surface area contributed by atoms with Crippen molar-refractivity contribution >= 4 is 18.3 Å². The van der Waals surface area contributed by atoms with Crippen LogP contribution in [-0.2, 0) is 4.79 Å². The van der Waals surface area contributed by atoms with Crippen molar-refractivity contribution < 1.29 is 4.79 Å². The van der Waals surface area contributed by atoms with E-state index in [0.717, 1.165) is 25.9 Å². The smallest absolute Gasteiger partial charge is 0.225 e. The first-order valence-electron chi connectivity index (χ1n) is 4.13. The summed E-state index contributed by atoms with van der Waals surface area (Å²) in [6.45, 7) is 1.98. The topological polar surface area (TPSA) is 32.3 Å². The molecule has 1 N–H and O–H groups in total. The predicted molar refractivity (Wildman–Crippen MR) is 51.5 cm³/mol. The van der Waals surface area contributed by atoms with Crippen molar-refractivity contribution in [3.63, 3.8) is 0 Å². The first-order chi connectivity index (χ1) is 5.22. The summed E-state index contributed by atoms with van der Waals surface area (Å²) in [5, 5.41) is 3.24. The van der Waals surface area contributed by atoms with Gasteiger partial charge in [-0.3, -0.25) is 4.79 Å². The van der Waals surface area contributed by atoms with Gasteiger partial charge in [0.15, 0.2) is 0 Å². The SMILES string of the molecule is CN(C)C(=O)C1CCNCC1.Cl. The highest BCUT2D eigenvalue weighted by Crippen LogP contribution is 2.13. The Kier molecular flexibility index (Phi) is 5.25. The van der Waals surface area contributed by atoms with Gasteiger partial charge in [0.25, 0.3) is 0 Å². The zero-order valence-electron chi connectivity index (χ0n) is 7.67. The normalized spacial score (nSPS) is 18.2. The molecule has 0 bridgehead atoms. The Hall–Kier alpha value is -0.280. The highest BCUT2D eigenvalue weighted by atomic mass is 35.5. The van der Waals surface area contributed by atoms with Crippen LogP contribution in [0.1, 0.15) is 12.8 Å². The maximum absolute atomic E-state index is 11.4. The molecule has 0 saturated carbocycles. The van der Waals surface area contributed by atoms with Gasteiger partial charge in [-0.1, -0.05) is 0 Å². The standard InChI is InChI=1S/C8H16N2O.ClH/c1-10(2)8(11)7-3-5-9-6-4-7;/h7,9H,3-6H2,1-2H3;1H. The van der Waals surface area contributed by atoms with Gasteiger partial charge in [0.05, 0.1) is 0 Å². The molecule has 0 aromatic rings. The lowest BCUT2D eigenvalue weighted by molar-refractivity contribution is -0.133. The van der Waals surface area contributed by atoms with E-state index in [9.17, 15) is 4.79 Å². The monoisotopic (exact) mass is 192 g/mol. The van der Waals surface area contributed by atoms with Crippen LogP contribution in [-0.4, -0.2) is 38.0 Å². The lowest BCUT2D eigenvalue weighted by Gasteiger charge is -2.24. The minimum absolute atomic E-state index is 0. The van der Waals surface area contributed by atoms with Gasteiger partial charge in [0.2, 0.25) is 5.91 Å². The van der Waals surface area contributed by atoms with Gasteiger partial charge in [0, 0.05) is 20.0 Å². The van der Waals surface area contributed by atoms with Gasteiger partial charge in [-0.05, 0) is 25.9 Å². The number of carbonyl (C=O) groups is 1. The largest absolute Gasteiger partial charge is 0.349 e. The van der Waals surface area contributed by atoms with Crippen LogP contribution in [0.15, 0.2) is 0 Å². The first-order valence-corrected chi connectivity index (χ1v) is 4.13. The van der Waals surface area contributed by atoms with E-state index in [1.165, 1.54) is 0 Å². The summed E-state index contributed by atoms with van der Waals surface area (Å²) >= 11 is 0. The van der Waals surface area contributed by atoms with E-state index in [2.05, 4.69) is 5.32 Å². The Bertz CT molecular complexity index is 144. The number of hydrogen-bond acceptors (Lipinski definition) is 2. The second-order valence-electron chi connectivity index (χ2n) is 3.26. The molecule has 1 aliphatic heterocycles. The number of amides is 1. The van der Waals surface area contributed by atoms with Crippen molar-refractivity contribution in [1.82, 2.24) is 10.2 Å². The molecule has 3 nitrogen and oxygen atoms in total. The van der Waals surface area contributed by atoms with E-state index in [1.807, 2.05) is 14.1 Å². The van der Waals surface area contributed by atoms with Crippen LogP contribution in [0.5, 0.6) is 0 Å². The molecule has 1 saturated heterocycles. The van der Waals surface area contributed by atoms with Crippen LogP contribution in [0.25, 0.3) is 0 Å². The lowest BCUT2D eigenvalue weighted by Crippen LogP contribution is -2.37. The fourth-order valence-electron chi connectivity index (χ4n) is 1.43. The molecule has 0 aliphatic carbocycles. The minimum atomic E-state index is 0. The molecule has 0 atom stereocenters. The van der Waals surface area contributed by atoms with E-state index >= 15 is 0 Å². The number of piperidine rings is 1. The van der Waals surface area contributed by atoms with Gasteiger partial charge in [0.1, 0.15) is 0 Å². The van der Waals surface area contributed by atoms with Crippen LogP contribution in [0.2, 0.25) is 0 Å². The third-order valence-electron chi connectivity index (χ3n) is 2.13. The molecular weight excluding hydrogens is 176 g/mol. The average molecular weight is 193 g/mol. The van der Waals surface area contributed by atoms with Crippen molar-refractivity contribution in [3.05, 3.63) is 0 Å². The maximum atomic E-state index is 11.4. The number of halogens is 1. The third kappa shape index (κ3) is 2.99. The van der Waals surface area contributed by atoms with Crippen LogP contribution in [0.3, 0.4) is 0 Å². The van der Waals surface area contributed by atoms with Crippen molar-refractivity contribution in [2.24, 2.45) is 5.92 Å². The van der Waals surface area contributed by atoms with Crippen LogP contribution in [0.4, 0.5) is 0 Å². The summed E-state index contributed by atoms with van der Waals surface area (Å²) in [6, 6.07) is 0. The highest BCUT2D eigenvalue weighted by Gasteiger charge is 2.21. The summed E-state index contributed by atoms with van der Waals surface area (Å²) in [5.74, 6) is 0.553. The van der Waals surface area contributed by atoms with Crippen LogP contribution < -0.4 is 5.32 Å².